The summed E-state index contributed by atoms with van der Waals surface area (Å²) in [7, 11) is 0. The van der Waals surface area contributed by atoms with E-state index in [1.807, 2.05) is 0 Å². The molecule has 0 radical (unpaired) electrons. The van der Waals surface area contributed by atoms with Crippen molar-refractivity contribution >= 4 is 11.9 Å². The number of carbonyl (C=O) groups excluding carboxylic acids is 2. The van der Waals surface area contributed by atoms with Gasteiger partial charge < -0.3 is 9.64 Å². The van der Waals surface area contributed by atoms with Crippen LogP contribution in [0.5, 0.6) is 0 Å². The molecular weight excluding hydrogens is 261 g/mol. The quantitative estimate of drug-likeness (QED) is 0.686. The van der Waals surface area contributed by atoms with Gasteiger partial charge in [-0.15, -0.1) is 0 Å². The van der Waals surface area contributed by atoms with Crippen LogP contribution >= 0.6 is 0 Å². The minimum absolute atomic E-state index is 0.0609. The number of halogens is 1. The molecule has 112 valence electrons. The Bertz CT molecular complexity index is 459. The van der Waals surface area contributed by atoms with Gasteiger partial charge in [0.15, 0.2) is 0 Å². The molecule has 0 N–H and O–H groups in total. The number of amides is 1. The summed E-state index contributed by atoms with van der Waals surface area (Å²) >= 11 is 0. The molecular formula is C15H22FNO3. The lowest BCUT2D eigenvalue weighted by molar-refractivity contribution is -0.121. The first-order chi connectivity index (χ1) is 9.23. The third-order valence-corrected chi connectivity index (χ3v) is 4.95. The van der Waals surface area contributed by atoms with Crippen molar-refractivity contribution in [1.29, 1.82) is 0 Å². The second-order valence-corrected chi connectivity index (χ2v) is 7.47. The van der Waals surface area contributed by atoms with Crippen LogP contribution in [-0.4, -0.2) is 41.6 Å². The van der Waals surface area contributed by atoms with E-state index in [9.17, 15) is 14.0 Å². The largest absolute Gasteiger partial charge is 0.444 e. The number of piperidine rings is 1. The van der Waals surface area contributed by atoms with Gasteiger partial charge in [0.05, 0.1) is 6.54 Å². The van der Waals surface area contributed by atoms with Gasteiger partial charge in [-0.05, 0) is 39.5 Å². The van der Waals surface area contributed by atoms with Crippen LogP contribution in [0.1, 0.15) is 40.0 Å². The van der Waals surface area contributed by atoms with Crippen molar-refractivity contribution in [1.82, 2.24) is 4.90 Å². The van der Waals surface area contributed by atoms with E-state index in [1.165, 1.54) is 4.90 Å². The highest BCUT2D eigenvalue weighted by atomic mass is 19.1. The molecule has 1 spiro atoms. The number of fused-ring (bicyclic) bond motifs is 2. The smallest absolute Gasteiger partial charge is 0.410 e. The highest BCUT2D eigenvalue weighted by Crippen LogP contribution is 2.64. The summed E-state index contributed by atoms with van der Waals surface area (Å²) < 4.78 is 19.9. The number of nitrogens with zero attached hydrogens (tertiary/aromatic N) is 1. The van der Waals surface area contributed by atoms with Crippen LogP contribution in [0, 0.1) is 17.3 Å². The molecule has 0 aromatic carbocycles. The van der Waals surface area contributed by atoms with Crippen LogP contribution < -0.4 is 0 Å². The first-order valence-corrected chi connectivity index (χ1v) is 7.38. The van der Waals surface area contributed by atoms with E-state index in [0.717, 1.165) is 6.42 Å². The Balaban J connectivity index is 1.66. The van der Waals surface area contributed by atoms with Gasteiger partial charge in [0.2, 0.25) is 0 Å². The number of hydrogen-bond donors (Lipinski definition) is 0. The van der Waals surface area contributed by atoms with Crippen molar-refractivity contribution in [3.8, 4) is 0 Å². The van der Waals surface area contributed by atoms with E-state index >= 15 is 0 Å². The Morgan fingerprint density at radius 2 is 2.15 bits per heavy atom. The SMILES string of the molecule is CC(C)(C)OC(=O)N1CC[C@]2(CC(=O)C3CC32)[C@@H](F)C1. The Morgan fingerprint density at radius 3 is 2.60 bits per heavy atom. The van der Waals surface area contributed by atoms with Crippen LogP contribution in [0.2, 0.25) is 0 Å². The Hall–Kier alpha value is -1.13. The molecule has 2 aliphatic carbocycles. The minimum Gasteiger partial charge on any atom is -0.444 e. The molecule has 20 heavy (non-hydrogen) atoms. The van der Waals surface area contributed by atoms with Gasteiger partial charge in [0.25, 0.3) is 0 Å². The summed E-state index contributed by atoms with van der Waals surface area (Å²) in [6, 6.07) is 0. The van der Waals surface area contributed by atoms with Gasteiger partial charge in [0, 0.05) is 24.3 Å². The maximum absolute atomic E-state index is 14.6. The predicted octanol–water partition coefficient (Wildman–Crippen LogP) is 2.56. The maximum atomic E-state index is 14.6. The fraction of sp³-hybridized carbons (Fsp3) is 0.867. The molecule has 2 saturated carbocycles. The Morgan fingerprint density at radius 1 is 1.45 bits per heavy atom. The van der Waals surface area contributed by atoms with Crippen LogP contribution in [0.25, 0.3) is 0 Å². The first-order valence-electron chi connectivity index (χ1n) is 7.38. The normalized spacial score (nSPS) is 39.9. The number of likely N-dealkylation sites (tertiary alicyclic amines) is 1. The van der Waals surface area contributed by atoms with Crippen LogP contribution in [0.3, 0.4) is 0 Å². The lowest BCUT2D eigenvalue weighted by Crippen LogP contribution is -2.52. The Kier molecular flexibility index (Phi) is 2.89. The summed E-state index contributed by atoms with van der Waals surface area (Å²) in [4.78, 5) is 25.2. The second-order valence-electron chi connectivity index (χ2n) is 7.47. The van der Waals surface area contributed by atoms with Crippen LogP contribution in [0.4, 0.5) is 9.18 Å². The number of ether oxygens (including phenoxy) is 1. The number of Topliss-reactive ketones (excluding diaryl/α,β-unsaturated/α-hetero) is 1. The molecule has 3 aliphatic rings. The summed E-state index contributed by atoms with van der Waals surface area (Å²) in [5, 5.41) is 0. The molecule has 1 amide bonds. The number of hydrogen-bond acceptors (Lipinski definition) is 3. The first kappa shape index (κ1) is 13.8. The molecule has 5 heteroatoms. The summed E-state index contributed by atoms with van der Waals surface area (Å²) in [5.41, 5.74) is -1.05. The lowest BCUT2D eigenvalue weighted by Gasteiger charge is -2.43. The molecule has 4 atom stereocenters. The van der Waals surface area contributed by atoms with E-state index in [4.69, 9.17) is 4.74 Å². The standard InChI is InChI=1S/C15H22FNO3/c1-14(2,3)20-13(19)17-5-4-15(12(16)8-17)7-11(18)9-6-10(9)15/h9-10,12H,4-8H2,1-3H3/t9?,10?,12-,15+/m0/s1. The maximum Gasteiger partial charge on any atom is 0.410 e. The zero-order chi connectivity index (χ0) is 14.7. The van der Waals surface area contributed by atoms with E-state index in [0.29, 0.717) is 19.4 Å². The summed E-state index contributed by atoms with van der Waals surface area (Å²) in [6.45, 7) is 5.95. The minimum atomic E-state index is -1.11. The van der Waals surface area contributed by atoms with E-state index in [-0.39, 0.29) is 24.2 Å². The molecule has 2 unspecified atom stereocenters. The number of rotatable bonds is 0. The summed E-state index contributed by atoms with van der Waals surface area (Å²) in [6.07, 6.45) is 0.245. The fourth-order valence-electron chi connectivity index (χ4n) is 3.85. The van der Waals surface area contributed by atoms with E-state index in [1.54, 1.807) is 20.8 Å². The molecule has 4 nitrogen and oxygen atoms in total. The van der Waals surface area contributed by atoms with Gasteiger partial charge >= 0.3 is 6.09 Å². The highest BCUT2D eigenvalue weighted by molar-refractivity contribution is 5.88. The molecule has 3 rings (SSSR count). The molecule has 1 saturated heterocycles. The zero-order valence-corrected chi connectivity index (χ0v) is 12.3. The third kappa shape index (κ3) is 2.11. The van der Waals surface area contributed by atoms with Gasteiger partial charge in [0.1, 0.15) is 17.6 Å². The average molecular weight is 283 g/mol. The lowest BCUT2D eigenvalue weighted by atomic mass is 9.72. The fourth-order valence-corrected chi connectivity index (χ4v) is 3.85. The highest BCUT2D eigenvalue weighted by Gasteiger charge is 2.66. The zero-order valence-electron chi connectivity index (χ0n) is 12.3. The van der Waals surface area contributed by atoms with Gasteiger partial charge in [-0.25, -0.2) is 9.18 Å². The van der Waals surface area contributed by atoms with Gasteiger partial charge in [-0.3, -0.25) is 4.79 Å². The topological polar surface area (TPSA) is 46.6 Å². The van der Waals surface area contributed by atoms with Gasteiger partial charge in [-0.1, -0.05) is 0 Å². The Labute approximate surface area is 118 Å². The van der Waals surface area contributed by atoms with E-state index < -0.39 is 23.3 Å². The second kappa shape index (κ2) is 4.18. The molecule has 0 bridgehead atoms. The molecule has 1 heterocycles. The van der Waals surface area contributed by atoms with Crippen molar-refractivity contribution in [3.63, 3.8) is 0 Å². The van der Waals surface area contributed by atoms with Crippen molar-refractivity contribution in [2.45, 2.75) is 51.8 Å². The molecule has 0 aromatic heterocycles. The van der Waals surface area contributed by atoms with Crippen molar-refractivity contribution in [2.24, 2.45) is 17.3 Å². The molecule has 0 aromatic rings. The number of ketones is 1. The average Bonchev–Trinajstić information content (AvgIpc) is 3.05. The third-order valence-electron chi connectivity index (χ3n) is 4.95. The van der Waals surface area contributed by atoms with Crippen molar-refractivity contribution in [2.75, 3.05) is 13.1 Å². The monoisotopic (exact) mass is 283 g/mol. The molecule has 1 aliphatic heterocycles. The van der Waals surface area contributed by atoms with Crippen molar-refractivity contribution in [3.05, 3.63) is 0 Å². The molecule has 3 fully saturated rings. The van der Waals surface area contributed by atoms with Crippen molar-refractivity contribution < 1.29 is 18.7 Å². The van der Waals surface area contributed by atoms with Crippen LogP contribution in [-0.2, 0) is 9.53 Å². The number of alkyl halides is 1. The number of carbonyl (C=O) groups is 2. The predicted molar refractivity (Wildman–Crippen MR) is 71.0 cm³/mol. The van der Waals surface area contributed by atoms with Crippen LogP contribution in [0.15, 0.2) is 0 Å². The van der Waals surface area contributed by atoms with E-state index in [2.05, 4.69) is 0 Å². The summed E-state index contributed by atoms with van der Waals surface area (Å²) in [5.74, 6) is 0.565. The van der Waals surface area contributed by atoms with Gasteiger partial charge in [-0.2, -0.15) is 0 Å².